The van der Waals surface area contributed by atoms with E-state index in [-0.39, 0.29) is 17.8 Å². The molecule has 1 N–H and O–H groups in total. The molecule has 86 valence electrons. The molecule has 2 rings (SSSR count). The number of likely N-dealkylation sites (N-methyl/N-ethyl adjacent to an activating group) is 1. The molecule has 3 nitrogen and oxygen atoms in total. The lowest BCUT2D eigenvalue weighted by atomic mass is 10.2. The largest absolute Gasteiger partial charge is 0.311 e. The van der Waals surface area contributed by atoms with E-state index >= 15 is 0 Å². The Morgan fingerprint density at radius 1 is 1.56 bits per heavy atom. The van der Waals surface area contributed by atoms with Gasteiger partial charge >= 0.3 is 0 Å². The zero-order valence-electron chi connectivity index (χ0n) is 8.84. The van der Waals surface area contributed by atoms with Crippen molar-refractivity contribution in [3.05, 3.63) is 28.5 Å². The van der Waals surface area contributed by atoms with E-state index in [4.69, 9.17) is 0 Å². The van der Waals surface area contributed by atoms with Crippen LogP contribution in [0.25, 0.3) is 0 Å². The normalized spacial score (nSPS) is 20.6. The van der Waals surface area contributed by atoms with E-state index in [0.717, 1.165) is 12.1 Å². The molecule has 1 aliphatic heterocycles. The summed E-state index contributed by atoms with van der Waals surface area (Å²) in [5, 5.41) is 2.96. The maximum Gasteiger partial charge on any atom is 0.244 e. The maximum atomic E-state index is 13.1. The van der Waals surface area contributed by atoms with Gasteiger partial charge in [0.05, 0.1) is 10.5 Å². The lowest BCUT2D eigenvalue weighted by molar-refractivity contribution is -0.118. The molecule has 0 saturated carbocycles. The molecule has 0 aliphatic carbocycles. The van der Waals surface area contributed by atoms with Crippen LogP contribution in [0, 0.1) is 5.82 Å². The van der Waals surface area contributed by atoms with Gasteiger partial charge in [0.15, 0.2) is 0 Å². The Labute approximate surface area is 102 Å². The highest BCUT2D eigenvalue weighted by molar-refractivity contribution is 9.10. The number of hydrogen-bond acceptors (Lipinski definition) is 2. The summed E-state index contributed by atoms with van der Waals surface area (Å²) < 4.78 is 13.4. The molecule has 1 amide bonds. The van der Waals surface area contributed by atoms with Crippen LogP contribution in [0.3, 0.4) is 0 Å². The van der Waals surface area contributed by atoms with E-state index in [1.165, 1.54) is 6.07 Å². The van der Waals surface area contributed by atoms with Crippen molar-refractivity contribution in [2.24, 2.45) is 0 Å². The average Bonchev–Trinajstić information content (AvgIpc) is 2.64. The highest BCUT2D eigenvalue weighted by Crippen LogP contribution is 2.26. The summed E-state index contributed by atoms with van der Waals surface area (Å²) in [5.74, 6) is -0.276. The van der Waals surface area contributed by atoms with Crippen LogP contribution in [-0.4, -0.2) is 25.5 Å². The molecule has 16 heavy (non-hydrogen) atoms. The first-order valence-corrected chi connectivity index (χ1v) is 5.86. The molecular formula is C11H12BrFN2O. The second-order valence-electron chi connectivity index (χ2n) is 3.72. The standard InChI is InChI=1S/C11H12BrFN2O/c1-14-10-4-5-15(11(10)16)7-2-3-9(13)8(12)6-7/h2-3,6,10,14H,4-5H2,1H3. The van der Waals surface area contributed by atoms with Crippen molar-refractivity contribution in [1.29, 1.82) is 0 Å². The smallest absolute Gasteiger partial charge is 0.244 e. The van der Waals surface area contributed by atoms with Crippen LogP contribution in [-0.2, 0) is 4.79 Å². The third-order valence-corrected chi connectivity index (χ3v) is 3.38. The number of carbonyl (C=O) groups is 1. The third kappa shape index (κ3) is 1.97. The zero-order valence-corrected chi connectivity index (χ0v) is 10.4. The molecule has 1 atom stereocenters. The summed E-state index contributed by atoms with van der Waals surface area (Å²) in [6.07, 6.45) is 0.782. The first-order chi connectivity index (χ1) is 7.63. The van der Waals surface area contributed by atoms with Crippen LogP contribution in [0.4, 0.5) is 10.1 Å². The molecule has 0 bridgehead atoms. The molecule has 1 unspecified atom stereocenters. The Balaban J connectivity index is 2.25. The zero-order chi connectivity index (χ0) is 11.7. The van der Waals surface area contributed by atoms with Crippen LogP contribution in [0.2, 0.25) is 0 Å². The van der Waals surface area contributed by atoms with E-state index in [1.807, 2.05) is 0 Å². The van der Waals surface area contributed by atoms with Crippen molar-refractivity contribution in [3.63, 3.8) is 0 Å². The van der Waals surface area contributed by atoms with Crippen LogP contribution in [0.15, 0.2) is 22.7 Å². The molecule has 1 aromatic carbocycles. The average molecular weight is 287 g/mol. The van der Waals surface area contributed by atoms with Crippen LogP contribution < -0.4 is 10.2 Å². The number of amides is 1. The molecule has 1 saturated heterocycles. The number of halogens is 2. The molecule has 1 aliphatic rings. The van der Waals surface area contributed by atoms with Crippen molar-refractivity contribution < 1.29 is 9.18 Å². The summed E-state index contributed by atoms with van der Waals surface area (Å²) in [6, 6.07) is 4.49. The van der Waals surface area contributed by atoms with Gasteiger partial charge < -0.3 is 10.2 Å². The summed E-state index contributed by atoms with van der Waals surface area (Å²) in [7, 11) is 1.77. The minimum atomic E-state index is -0.319. The molecule has 0 spiro atoms. The quantitative estimate of drug-likeness (QED) is 0.901. The fourth-order valence-electron chi connectivity index (χ4n) is 1.86. The molecular weight excluding hydrogens is 275 g/mol. The van der Waals surface area contributed by atoms with Gasteiger partial charge in [-0.15, -0.1) is 0 Å². The van der Waals surface area contributed by atoms with Crippen molar-refractivity contribution in [3.8, 4) is 0 Å². The minimum absolute atomic E-state index is 0.0426. The van der Waals surface area contributed by atoms with Gasteiger partial charge in [-0.2, -0.15) is 0 Å². The fraction of sp³-hybridized carbons (Fsp3) is 0.364. The molecule has 1 aromatic rings. The second kappa shape index (κ2) is 4.51. The maximum absolute atomic E-state index is 13.1. The van der Waals surface area contributed by atoms with Gasteiger partial charge in [0.1, 0.15) is 5.82 Å². The lowest BCUT2D eigenvalue weighted by Crippen LogP contribution is -2.36. The summed E-state index contributed by atoms with van der Waals surface area (Å²) in [5.41, 5.74) is 0.732. The topological polar surface area (TPSA) is 32.3 Å². The minimum Gasteiger partial charge on any atom is -0.311 e. The van der Waals surface area contributed by atoms with E-state index in [0.29, 0.717) is 11.0 Å². The van der Waals surface area contributed by atoms with Crippen molar-refractivity contribution in [2.45, 2.75) is 12.5 Å². The Bertz CT molecular complexity index is 424. The lowest BCUT2D eigenvalue weighted by Gasteiger charge is -2.17. The number of carbonyl (C=O) groups excluding carboxylic acids is 1. The second-order valence-corrected chi connectivity index (χ2v) is 4.57. The van der Waals surface area contributed by atoms with E-state index < -0.39 is 0 Å². The highest BCUT2D eigenvalue weighted by Gasteiger charge is 2.31. The van der Waals surface area contributed by atoms with Gasteiger partial charge in [-0.1, -0.05) is 0 Å². The number of benzene rings is 1. The van der Waals surface area contributed by atoms with Crippen molar-refractivity contribution >= 4 is 27.5 Å². The van der Waals surface area contributed by atoms with Gasteiger partial charge in [0.2, 0.25) is 5.91 Å². The first kappa shape index (κ1) is 11.5. The molecule has 1 fully saturated rings. The number of nitrogens with one attached hydrogen (secondary N) is 1. The SMILES string of the molecule is CNC1CCN(c2ccc(F)c(Br)c2)C1=O. The third-order valence-electron chi connectivity index (χ3n) is 2.77. The van der Waals surface area contributed by atoms with E-state index in [9.17, 15) is 9.18 Å². The Hall–Kier alpha value is -0.940. The number of hydrogen-bond donors (Lipinski definition) is 1. The molecule has 0 aromatic heterocycles. The van der Waals surface area contributed by atoms with Gasteiger partial charge in [-0.05, 0) is 47.6 Å². The number of anilines is 1. The van der Waals surface area contributed by atoms with Gasteiger partial charge in [0.25, 0.3) is 0 Å². The van der Waals surface area contributed by atoms with Crippen LogP contribution in [0.1, 0.15) is 6.42 Å². The Morgan fingerprint density at radius 2 is 2.31 bits per heavy atom. The summed E-state index contributed by atoms with van der Waals surface area (Å²) in [4.78, 5) is 13.6. The fourth-order valence-corrected chi connectivity index (χ4v) is 2.22. The van der Waals surface area contributed by atoms with E-state index in [2.05, 4.69) is 21.2 Å². The van der Waals surface area contributed by atoms with Gasteiger partial charge in [-0.3, -0.25) is 4.79 Å². The monoisotopic (exact) mass is 286 g/mol. The number of rotatable bonds is 2. The first-order valence-electron chi connectivity index (χ1n) is 5.07. The van der Waals surface area contributed by atoms with Crippen LogP contribution in [0.5, 0.6) is 0 Å². The predicted molar refractivity (Wildman–Crippen MR) is 63.9 cm³/mol. The summed E-state index contributed by atoms with van der Waals surface area (Å²) >= 11 is 3.12. The van der Waals surface area contributed by atoms with Gasteiger partial charge in [-0.25, -0.2) is 4.39 Å². The molecule has 5 heteroatoms. The summed E-state index contributed by atoms with van der Waals surface area (Å²) in [6.45, 7) is 0.669. The van der Waals surface area contributed by atoms with Crippen molar-refractivity contribution in [2.75, 3.05) is 18.5 Å². The van der Waals surface area contributed by atoms with Crippen LogP contribution >= 0.6 is 15.9 Å². The Kier molecular flexibility index (Phi) is 3.25. The molecule has 1 heterocycles. The van der Waals surface area contributed by atoms with E-state index in [1.54, 1.807) is 24.1 Å². The highest BCUT2D eigenvalue weighted by atomic mass is 79.9. The van der Waals surface area contributed by atoms with Crippen molar-refractivity contribution in [1.82, 2.24) is 5.32 Å². The Morgan fingerprint density at radius 3 is 2.88 bits per heavy atom. The predicted octanol–water partition coefficient (Wildman–Crippen LogP) is 1.91. The molecule has 0 radical (unpaired) electrons. The van der Waals surface area contributed by atoms with Gasteiger partial charge in [0, 0.05) is 12.2 Å². The number of nitrogens with zero attached hydrogens (tertiary/aromatic N) is 1.